The van der Waals surface area contributed by atoms with Gasteiger partial charge in [0.25, 0.3) is 0 Å². The van der Waals surface area contributed by atoms with Crippen molar-refractivity contribution >= 4 is 29.1 Å². The second-order valence-electron chi connectivity index (χ2n) is 6.59. The average Bonchev–Trinajstić information content (AvgIpc) is 3.09. The Morgan fingerprint density at radius 2 is 1.93 bits per heavy atom. The van der Waals surface area contributed by atoms with Crippen LogP contribution in [0.4, 0.5) is 5.69 Å². The van der Waals surface area contributed by atoms with Crippen LogP contribution in [0, 0.1) is 5.92 Å². The Morgan fingerprint density at radius 1 is 1.18 bits per heavy atom. The number of carbonyl (C=O) groups is 2. The van der Waals surface area contributed by atoms with Crippen molar-refractivity contribution in [3.8, 4) is 11.5 Å². The molecule has 0 unspecified atom stereocenters. The van der Waals surface area contributed by atoms with Crippen molar-refractivity contribution in [3.05, 3.63) is 53.1 Å². The molecule has 7 heteroatoms. The third kappa shape index (κ3) is 4.39. The second-order valence-corrected chi connectivity index (χ2v) is 6.99. The van der Waals surface area contributed by atoms with E-state index in [1.54, 1.807) is 31.3 Å². The molecule has 0 aromatic heterocycles. The van der Waals surface area contributed by atoms with Crippen LogP contribution in [-0.4, -0.2) is 39.1 Å². The van der Waals surface area contributed by atoms with Crippen molar-refractivity contribution in [1.82, 2.24) is 5.32 Å². The van der Waals surface area contributed by atoms with Gasteiger partial charge < -0.3 is 19.7 Å². The number of para-hydroxylation sites is 1. The minimum Gasteiger partial charge on any atom is -0.493 e. The lowest BCUT2D eigenvalue weighted by Crippen LogP contribution is -2.34. The molecule has 1 saturated heterocycles. The molecule has 1 aliphatic rings. The Kier molecular flexibility index (Phi) is 6.41. The maximum atomic E-state index is 12.5. The molecule has 1 aliphatic heterocycles. The van der Waals surface area contributed by atoms with Crippen molar-refractivity contribution in [2.75, 3.05) is 32.2 Å². The van der Waals surface area contributed by atoms with Crippen LogP contribution in [0.1, 0.15) is 12.0 Å². The van der Waals surface area contributed by atoms with E-state index in [4.69, 9.17) is 21.1 Å². The van der Waals surface area contributed by atoms with Crippen LogP contribution in [0.5, 0.6) is 11.5 Å². The number of benzene rings is 2. The maximum Gasteiger partial charge on any atom is 0.227 e. The number of hydrogen-bond donors (Lipinski definition) is 1. The van der Waals surface area contributed by atoms with Gasteiger partial charge in [-0.2, -0.15) is 0 Å². The number of ether oxygens (including phenoxy) is 2. The van der Waals surface area contributed by atoms with Gasteiger partial charge in [0.2, 0.25) is 11.8 Å². The summed E-state index contributed by atoms with van der Waals surface area (Å²) in [7, 11) is 3.18. The van der Waals surface area contributed by atoms with Crippen LogP contribution < -0.4 is 19.7 Å². The van der Waals surface area contributed by atoms with E-state index >= 15 is 0 Å². The molecule has 0 bridgehead atoms. The van der Waals surface area contributed by atoms with Crippen LogP contribution in [-0.2, 0) is 16.0 Å². The van der Waals surface area contributed by atoms with E-state index in [2.05, 4.69) is 5.32 Å². The van der Waals surface area contributed by atoms with E-state index in [1.807, 2.05) is 30.3 Å². The minimum atomic E-state index is -0.380. The number of carbonyl (C=O) groups excluding carboxylic acids is 2. The molecular formula is C21H23ClN2O4. The van der Waals surface area contributed by atoms with Gasteiger partial charge in [0, 0.05) is 19.5 Å². The van der Waals surface area contributed by atoms with Crippen molar-refractivity contribution in [2.24, 2.45) is 5.92 Å². The van der Waals surface area contributed by atoms with Crippen LogP contribution in [0.2, 0.25) is 5.02 Å². The molecule has 0 spiro atoms. The fourth-order valence-electron chi connectivity index (χ4n) is 3.30. The van der Waals surface area contributed by atoms with Crippen molar-refractivity contribution < 1.29 is 19.1 Å². The highest BCUT2D eigenvalue weighted by Gasteiger charge is 2.35. The first kappa shape index (κ1) is 20.0. The predicted octanol–water partition coefficient (Wildman–Crippen LogP) is 3.07. The topological polar surface area (TPSA) is 67.9 Å². The maximum absolute atomic E-state index is 12.5. The molecule has 3 rings (SSSR count). The summed E-state index contributed by atoms with van der Waals surface area (Å²) >= 11 is 6.18. The zero-order valence-electron chi connectivity index (χ0n) is 15.9. The zero-order valence-corrected chi connectivity index (χ0v) is 16.7. The first-order valence-electron chi connectivity index (χ1n) is 9.07. The van der Waals surface area contributed by atoms with Crippen molar-refractivity contribution in [3.63, 3.8) is 0 Å². The van der Waals surface area contributed by atoms with E-state index in [9.17, 15) is 9.59 Å². The van der Waals surface area contributed by atoms with Crippen molar-refractivity contribution in [1.29, 1.82) is 0 Å². The van der Waals surface area contributed by atoms with E-state index in [0.717, 1.165) is 5.56 Å². The van der Waals surface area contributed by atoms with E-state index in [0.29, 0.717) is 41.7 Å². The molecule has 1 N–H and O–H groups in total. The fraction of sp³-hybridized carbons (Fsp3) is 0.333. The number of amides is 2. The number of nitrogens with zero attached hydrogens (tertiary/aromatic N) is 1. The van der Waals surface area contributed by atoms with Crippen LogP contribution >= 0.6 is 11.6 Å². The van der Waals surface area contributed by atoms with Gasteiger partial charge in [-0.25, -0.2) is 0 Å². The van der Waals surface area contributed by atoms with E-state index < -0.39 is 0 Å². The number of rotatable bonds is 7. The lowest BCUT2D eigenvalue weighted by molar-refractivity contribution is -0.126. The first-order valence-corrected chi connectivity index (χ1v) is 9.44. The summed E-state index contributed by atoms with van der Waals surface area (Å²) in [5.41, 5.74) is 1.67. The number of methoxy groups -OCH3 is 2. The summed E-state index contributed by atoms with van der Waals surface area (Å²) < 4.78 is 10.5. The smallest absolute Gasteiger partial charge is 0.227 e. The molecule has 0 aliphatic carbocycles. The van der Waals surface area contributed by atoms with Gasteiger partial charge in [0.05, 0.1) is 30.8 Å². The lowest BCUT2D eigenvalue weighted by atomic mass is 10.1. The molecule has 1 heterocycles. The van der Waals surface area contributed by atoms with Crippen molar-refractivity contribution in [2.45, 2.75) is 12.8 Å². The first-order chi connectivity index (χ1) is 13.5. The number of anilines is 1. The van der Waals surface area contributed by atoms with Gasteiger partial charge in [-0.1, -0.05) is 29.8 Å². The van der Waals surface area contributed by atoms with E-state index in [1.165, 1.54) is 0 Å². The monoisotopic (exact) mass is 402 g/mol. The molecular weight excluding hydrogens is 380 g/mol. The Balaban J connectivity index is 1.55. The third-order valence-corrected chi connectivity index (χ3v) is 5.12. The quantitative estimate of drug-likeness (QED) is 0.772. The van der Waals surface area contributed by atoms with E-state index in [-0.39, 0.29) is 24.2 Å². The SMILES string of the molecule is COc1ccc(CCNC(=O)[C@H]2CC(=O)N(c3ccccc3Cl)C2)cc1OC. The summed E-state index contributed by atoms with van der Waals surface area (Å²) in [6, 6.07) is 12.8. The molecule has 148 valence electrons. The number of nitrogens with one attached hydrogen (secondary N) is 1. The molecule has 28 heavy (non-hydrogen) atoms. The Bertz CT molecular complexity index is 871. The highest BCUT2D eigenvalue weighted by Crippen LogP contribution is 2.31. The average molecular weight is 403 g/mol. The van der Waals surface area contributed by atoms with Gasteiger partial charge in [-0.3, -0.25) is 9.59 Å². The molecule has 1 fully saturated rings. The van der Waals surface area contributed by atoms with Gasteiger partial charge in [0.15, 0.2) is 11.5 Å². The van der Waals surface area contributed by atoms with Gasteiger partial charge in [-0.05, 0) is 36.2 Å². The Labute approximate surface area is 169 Å². The van der Waals surface area contributed by atoms with Gasteiger partial charge >= 0.3 is 0 Å². The van der Waals surface area contributed by atoms with Crippen LogP contribution in [0.25, 0.3) is 0 Å². The molecule has 0 radical (unpaired) electrons. The zero-order chi connectivity index (χ0) is 20.1. The Morgan fingerprint density at radius 3 is 2.64 bits per heavy atom. The van der Waals surface area contributed by atoms with Gasteiger partial charge in [-0.15, -0.1) is 0 Å². The van der Waals surface area contributed by atoms with Gasteiger partial charge in [0.1, 0.15) is 0 Å². The largest absolute Gasteiger partial charge is 0.493 e. The molecule has 6 nitrogen and oxygen atoms in total. The fourth-order valence-corrected chi connectivity index (χ4v) is 3.53. The van der Waals surface area contributed by atoms with Crippen LogP contribution in [0.3, 0.4) is 0 Å². The van der Waals surface area contributed by atoms with Crippen LogP contribution in [0.15, 0.2) is 42.5 Å². The lowest BCUT2D eigenvalue weighted by Gasteiger charge is -2.18. The molecule has 2 aromatic rings. The normalized spacial score (nSPS) is 16.2. The summed E-state index contributed by atoms with van der Waals surface area (Å²) in [6.45, 7) is 0.815. The number of hydrogen-bond acceptors (Lipinski definition) is 4. The predicted molar refractivity (Wildman–Crippen MR) is 108 cm³/mol. The minimum absolute atomic E-state index is 0.0897. The summed E-state index contributed by atoms with van der Waals surface area (Å²) in [6.07, 6.45) is 0.842. The summed E-state index contributed by atoms with van der Waals surface area (Å²) in [4.78, 5) is 26.4. The highest BCUT2D eigenvalue weighted by molar-refractivity contribution is 6.33. The molecule has 2 amide bonds. The summed E-state index contributed by atoms with van der Waals surface area (Å²) in [5, 5.41) is 3.43. The standard InChI is InChI=1S/C21H23ClN2O4/c1-27-18-8-7-14(11-19(18)28-2)9-10-23-21(26)15-12-20(25)24(13-15)17-6-4-3-5-16(17)22/h3-8,11,15H,9-10,12-13H2,1-2H3,(H,23,26)/t15-/m0/s1. The Hall–Kier alpha value is -2.73. The second kappa shape index (κ2) is 8.97. The molecule has 2 aromatic carbocycles. The third-order valence-electron chi connectivity index (χ3n) is 4.80. The molecule has 0 saturated carbocycles. The number of halogens is 1. The highest BCUT2D eigenvalue weighted by atomic mass is 35.5. The summed E-state index contributed by atoms with van der Waals surface area (Å²) in [5.74, 6) is 0.730. The molecule has 1 atom stereocenters.